The van der Waals surface area contributed by atoms with Crippen molar-refractivity contribution in [2.75, 3.05) is 44.1 Å². The van der Waals surface area contributed by atoms with Gasteiger partial charge in [0.15, 0.2) is 0 Å². The molecule has 1 saturated heterocycles. The second-order valence-electron chi connectivity index (χ2n) is 3.65. The number of ether oxygens (including phenoxy) is 1. The molecule has 2 N–H and O–H groups in total. The molecule has 1 aliphatic heterocycles. The average molecular weight is 223 g/mol. The number of nitrogens with zero attached hydrogens (tertiary/aromatic N) is 3. The van der Waals surface area contributed by atoms with Crippen molar-refractivity contribution in [1.29, 1.82) is 0 Å². The minimum atomic E-state index is 0.752. The number of hydrazine groups is 1. The zero-order valence-corrected chi connectivity index (χ0v) is 9.66. The van der Waals surface area contributed by atoms with Gasteiger partial charge in [-0.15, -0.1) is 0 Å². The van der Waals surface area contributed by atoms with Gasteiger partial charge in [-0.05, 0) is 6.92 Å². The highest BCUT2D eigenvalue weighted by Crippen LogP contribution is 2.11. The van der Waals surface area contributed by atoms with Gasteiger partial charge in [0.25, 0.3) is 0 Å². The van der Waals surface area contributed by atoms with Crippen molar-refractivity contribution in [2.24, 2.45) is 0 Å². The fourth-order valence-electron chi connectivity index (χ4n) is 1.59. The van der Waals surface area contributed by atoms with E-state index in [1.54, 1.807) is 0 Å². The van der Waals surface area contributed by atoms with Crippen molar-refractivity contribution in [3.05, 3.63) is 11.9 Å². The summed E-state index contributed by atoms with van der Waals surface area (Å²) in [5, 5.41) is 5.11. The molecule has 2 heterocycles. The molecular weight excluding hydrogens is 206 g/mol. The Morgan fingerprint density at radius 1 is 1.25 bits per heavy atom. The topological polar surface area (TPSA) is 62.3 Å². The Morgan fingerprint density at radius 2 is 1.94 bits per heavy atom. The van der Waals surface area contributed by atoms with E-state index in [0.717, 1.165) is 43.8 Å². The Bertz CT molecular complexity index is 351. The normalized spacial score (nSPS) is 17.1. The zero-order chi connectivity index (χ0) is 11.4. The molecule has 1 aliphatic rings. The molecule has 0 radical (unpaired) electrons. The monoisotopic (exact) mass is 223 g/mol. The highest BCUT2D eigenvalue weighted by atomic mass is 16.5. The predicted molar refractivity (Wildman–Crippen MR) is 62.3 cm³/mol. The summed E-state index contributed by atoms with van der Waals surface area (Å²) >= 11 is 0. The summed E-state index contributed by atoms with van der Waals surface area (Å²) in [5.41, 5.74) is 3.26. The maximum absolute atomic E-state index is 5.28. The number of anilines is 2. The van der Waals surface area contributed by atoms with E-state index < -0.39 is 0 Å². The lowest BCUT2D eigenvalue weighted by Gasteiger charge is -2.27. The largest absolute Gasteiger partial charge is 0.379 e. The van der Waals surface area contributed by atoms with Gasteiger partial charge in [0.1, 0.15) is 17.5 Å². The van der Waals surface area contributed by atoms with Crippen molar-refractivity contribution in [3.63, 3.8) is 0 Å². The minimum absolute atomic E-state index is 0.752. The number of hydrogen-bond acceptors (Lipinski definition) is 6. The minimum Gasteiger partial charge on any atom is -0.379 e. The van der Waals surface area contributed by atoms with Crippen LogP contribution in [-0.4, -0.2) is 48.3 Å². The van der Waals surface area contributed by atoms with Crippen LogP contribution in [0.2, 0.25) is 0 Å². The Labute approximate surface area is 95.0 Å². The molecular formula is C10H17N5O. The lowest BCUT2D eigenvalue weighted by molar-refractivity contribution is 0.0495. The van der Waals surface area contributed by atoms with Crippen molar-refractivity contribution >= 4 is 11.6 Å². The van der Waals surface area contributed by atoms with Crippen molar-refractivity contribution in [2.45, 2.75) is 6.92 Å². The van der Waals surface area contributed by atoms with E-state index in [4.69, 9.17) is 4.74 Å². The summed E-state index contributed by atoms with van der Waals surface area (Å²) in [7, 11) is 1.85. The molecule has 6 heteroatoms. The van der Waals surface area contributed by atoms with Gasteiger partial charge in [-0.3, -0.25) is 0 Å². The zero-order valence-electron chi connectivity index (χ0n) is 9.66. The quantitative estimate of drug-likeness (QED) is 0.777. The first-order valence-corrected chi connectivity index (χ1v) is 5.41. The van der Waals surface area contributed by atoms with Crippen LogP contribution in [0.4, 0.5) is 11.6 Å². The molecule has 0 aromatic carbocycles. The number of hydrogen-bond donors (Lipinski definition) is 2. The number of rotatable bonds is 3. The van der Waals surface area contributed by atoms with E-state index in [9.17, 15) is 0 Å². The first kappa shape index (κ1) is 11.1. The van der Waals surface area contributed by atoms with Crippen LogP contribution < -0.4 is 10.7 Å². The molecule has 88 valence electrons. The van der Waals surface area contributed by atoms with Gasteiger partial charge >= 0.3 is 0 Å². The molecule has 16 heavy (non-hydrogen) atoms. The summed E-state index contributed by atoms with van der Waals surface area (Å²) in [6.07, 6.45) is 0. The summed E-state index contributed by atoms with van der Waals surface area (Å²) in [6, 6.07) is 1.89. The van der Waals surface area contributed by atoms with Crippen LogP contribution in [0, 0.1) is 6.92 Å². The summed E-state index contributed by atoms with van der Waals surface area (Å²) in [4.78, 5) is 8.57. The molecule has 0 bridgehead atoms. The van der Waals surface area contributed by atoms with Crippen molar-refractivity contribution in [3.8, 4) is 0 Å². The van der Waals surface area contributed by atoms with Gasteiger partial charge < -0.3 is 15.5 Å². The summed E-state index contributed by atoms with van der Waals surface area (Å²) in [6.45, 7) is 5.15. The number of morpholine rings is 1. The van der Waals surface area contributed by atoms with Crippen LogP contribution >= 0.6 is 0 Å². The molecule has 1 aromatic rings. The first-order chi connectivity index (χ1) is 7.78. The van der Waals surface area contributed by atoms with Crippen LogP contribution in [0.3, 0.4) is 0 Å². The van der Waals surface area contributed by atoms with Crippen molar-refractivity contribution in [1.82, 2.24) is 15.0 Å². The number of aromatic nitrogens is 2. The lowest BCUT2D eigenvalue weighted by Crippen LogP contribution is -2.40. The first-order valence-electron chi connectivity index (χ1n) is 5.41. The molecule has 0 atom stereocenters. The maximum atomic E-state index is 5.28. The lowest BCUT2D eigenvalue weighted by atomic mass is 10.5. The van der Waals surface area contributed by atoms with E-state index in [1.165, 1.54) is 0 Å². The maximum Gasteiger partial charge on any atom is 0.146 e. The Morgan fingerprint density at radius 3 is 2.62 bits per heavy atom. The molecule has 2 rings (SSSR count). The van der Waals surface area contributed by atoms with Crippen LogP contribution in [0.15, 0.2) is 6.07 Å². The Hall–Kier alpha value is -1.40. The predicted octanol–water partition coefficient (Wildman–Crippen LogP) is 0.486. The van der Waals surface area contributed by atoms with Crippen molar-refractivity contribution < 1.29 is 4.74 Å². The Balaban J connectivity index is 2.04. The van der Waals surface area contributed by atoms with Crippen LogP contribution in [0.1, 0.15) is 5.82 Å². The molecule has 1 fully saturated rings. The highest BCUT2D eigenvalue weighted by Gasteiger charge is 2.11. The molecule has 6 nitrogen and oxygen atoms in total. The van der Waals surface area contributed by atoms with E-state index >= 15 is 0 Å². The Kier molecular flexibility index (Phi) is 3.53. The van der Waals surface area contributed by atoms with Gasteiger partial charge in [-0.1, -0.05) is 0 Å². The van der Waals surface area contributed by atoms with Gasteiger partial charge in [0.2, 0.25) is 0 Å². The number of nitrogens with one attached hydrogen (secondary N) is 2. The number of aryl methyl sites for hydroxylation is 1. The van der Waals surface area contributed by atoms with Gasteiger partial charge in [0.05, 0.1) is 13.2 Å². The second kappa shape index (κ2) is 5.09. The van der Waals surface area contributed by atoms with Crippen LogP contribution in [-0.2, 0) is 4.74 Å². The molecule has 0 spiro atoms. The third-order valence-electron chi connectivity index (χ3n) is 2.38. The molecule has 1 aromatic heterocycles. The van der Waals surface area contributed by atoms with E-state index in [0.29, 0.717) is 0 Å². The van der Waals surface area contributed by atoms with E-state index in [-0.39, 0.29) is 0 Å². The highest BCUT2D eigenvalue weighted by molar-refractivity contribution is 5.46. The molecule has 0 amide bonds. The summed E-state index contributed by atoms with van der Waals surface area (Å²) in [5.74, 6) is 2.39. The van der Waals surface area contributed by atoms with Gasteiger partial charge in [-0.2, -0.15) is 0 Å². The molecule has 0 aliphatic carbocycles. The summed E-state index contributed by atoms with van der Waals surface area (Å²) < 4.78 is 5.28. The standard InChI is InChI=1S/C10H17N5O/c1-8-12-9(11-2)7-10(13-8)14-15-3-5-16-6-4-15/h7H,3-6H2,1-2H3,(H2,11,12,13,14). The fourth-order valence-corrected chi connectivity index (χ4v) is 1.59. The SMILES string of the molecule is CNc1cc(NN2CCOCC2)nc(C)n1. The second-order valence-corrected chi connectivity index (χ2v) is 3.65. The fraction of sp³-hybridized carbons (Fsp3) is 0.600. The van der Waals surface area contributed by atoms with Crippen LogP contribution in [0.25, 0.3) is 0 Å². The van der Waals surface area contributed by atoms with Gasteiger partial charge in [-0.25, -0.2) is 15.0 Å². The van der Waals surface area contributed by atoms with E-state index in [2.05, 4.69) is 25.7 Å². The third-order valence-corrected chi connectivity index (χ3v) is 2.38. The van der Waals surface area contributed by atoms with Gasteiger partial charge in [0, 0.05) is 26.2 Å². The average Bonchev–Trinajstić information content (AvgIpc) is 2.29. The third kappa shape index (κ3) is 2.80. The smallest absolute Gasteiger partial charge is 0.146 e. The molecule has 0 saturated carbocycles. The van der Waals surface area contributed by atoms with E-state index in [1.807, 2.05) is 20.0 Å². The van der Waals surface area contributed by atoms with Crippen LogP contribution in [0.5, 0.6) is 0 Å². The molecule has 0 unspecified atom stereocenters.